The van der Waals surface area contributed by atoms with Crippen LogP contribution in [0, 0.1) is 26.7 Å². The Bertz CT molecular complexity index is 1150. The highest BCUT2D eigenvalue weighted by molar-refractivity contribution is 5.98. The number of aryl methyl sites for hydroxylation is 3. The normalized spacial score (nSPS) is 11.4. The van der Waals surface area contributed by atoms with E-state index in [1.54, 1.807) is 0 Å². The van der Waals surface area contributed by atoms with Crippen molar-refractivity contribution in [3.05, 3.63) is 89.1 Å². The predicted molar refractivity (Wildman–Crippen MR) is 125 cm³/mol. The summed E-state index contributed by atoms with van der Waals surface area (Å²) in [6.45, 7) is 11.0. The van der Waals surface area contributed by atoms with Crippen LogP contribution in [0.1, 0.15) is 36.1 Å². The van der Waals surface area contributed by atoms with E-state index in [9.17, 15) is 0 Å². The molecule has 0 unspecified atom stereocenters. The average molecular weight is 380 g/mol. The lowest BCUT2D eigenvalue weighted by molar-refractivity contribution is 0.648. The van der Waals surface area contributed by atoms with Gasteiger partial charge in [-0.2, -0.15) is 0 Å². The molecule has 0 saturated carbocycles. The monoisotopic (exact) mass is 379 g/mol. The number of nitrogens with zero attached hydrogens (tertiary/aromatic N) is 1. The molecule has 0 amide bonds. The Hall–Kier alpha value is -2.93. The second-order valence-electron chi connectivity index (χ2n) is 8.77. The van der Waals surface area contributed by atoms with Crippen molar-refractivity contribution in [2.75, 3.05) is 0 Å². The van der Waals surface area contributed by atoms with Gasteiger partial charge in [-0.1, -0.05) is 73.0 Å². The lowest BCUT2D eigenvalue weighted by atomic mass is 9.92. The second kappa shape index (κ2) is 7.83. The molecule has 146 valence electrons. The lowest BCUT2D eigenvalue weighted by Crippen LogP contribution is -1.96. The SMILES string of the molecule is Cc1ccc(-c2cc(CC(C)C)cc3cc(-c4cc(C)cc(C)c4)ncc23)cc1. The number of rotatable bonds is 4. The largest absolute Gasteiger partial charge is 0.256 e. The Kier molecular flexibility index (Phi) is 5.24. The first-order valence-corrected chi connectivity index (χ1v) is 10.5. The molecule has 0 aliphatic heterocycles. The maximum atomic E-state index is 4.85. The minimum Gasteiger partial charge on any atom is -0.256 e. The van der Waals surface area contributed by atoms with E-state index < -0.39 is 0 Å². The summed E-state index contributed by atoms with van der Waals surface area (Å²) in [5, 5.41) is 2.48. The molecular weight excluding hydrogens is 350 g/mol. The van der Waals surface area contributed by atoms with Gasteiger partial charge in [-0.05, 0) is 73.4 Å². The van der Waals surface area contributed by atoms with Crippen LogP contribution in [0.15, 0.2) is 66.9 Å². The van der Waals surface area contributed by atoms with Gasteiger partial charge in [-0.25, -0.2) is 0 Å². The Balaban J connectivity index is 1.91. The molecule has 0 fully saturated rings. The molecule has 0 bridgehead atoms. The maximum absolute atomic E-state index is 4.85. The van der Waals surface area contributed by atoms with Gasteiger partial charge in [-0.15, -0.1) is 0 Å². The summed E-state index contributed by atoms with van der Waals surface area (Å²) in [7, 11) is 0. The molecule has 0 N–H and O–H groups in total. The number of hydrogen-bond donors (Lipinski definition) is 0. The zero-order chi connectivity index (χ0) is 20.5. The van der Waals surface area contributed by atoms with Crippen molar-refractivity contribution in [2.45, 2.75) is 41.0 Å². The Morgan fingerprint density at radius 1 is 0.724 bits per heavy atom. The van der Waals surface area contributed by atoms with Crippen molar-refractivity contribution in [3.8, 4) is 22.4 Å². The van der Waals surface area contributed by atoms with Gasteiger partial charge in [0.1, 0.15) is 0 Å². The van der Waals surface area contributed by atoms with Crippen molar-refractivity contribution in [1.82, 2.24) is 4.98 Å². The van der Waals surface area contributed by atoms with Crippen LogP contribution < -0.4 is 0 Å². The minimum absolute atomic E-state index is 0.624. The van der Waals surface area contributed by atoms with Crippen molar-refractivity contribution in [1.29, 1.82) is 0 Å². The number of fused-ring (bicyclic) bond motifs is 1. The van der Waals surface area contributed by atoms with Gasteiger partial charge in [0, 0.05) is 17.1 Å². The Morgan fingerprint density at radius 3 is 2.07 bits per heavy atom. The standard InChI is InChI=1S/C28H29N/c1-18(2)10-22-14-24-16-28(25-12-20(4)11-21(5)13-25)29-17-27(24)26(15-22)23-8-6-19(3)7-9-23/h6-9,11-18H,10H2,1-5H3. The molecule has 1 nitrogen and oxygen atoms in total. The third-order valence-corrected chi connectivity index (χ3v) is 5.42. The number of hydrogen-bond acceptors (Lipinski definition) is 1. The summed E-state index contributed by atoms with van der Waals surface area (Å²) in [6.07, 6.45) is 3.13. The zero-order valence-corrected chi connectivity index (χ0v) is 18.1. The highest BCUT2D eigenvalue weighted by Crippen LogP contribution is 2.33. The van der Waals surface area contributed by atoms with Gasteiger partial charge >= 0.3 is 0 Å². The first kappa shape index (κ1) is 19.4. The molecule has 0 atom stereocenters. The summed E-state index contributed by atoms with van der Waals surface area (Å²) in [5.74, 6) is 0.624. The van der Waals surface area contributed by atoms with Gasteiger partial charge in [-0.3, -0.25) is 4.98 Å². The molecule has 1 heterocycles. The predicted octanol–water partition coefficient (Wildman–Crippen LogP) is 7.69. The average Bonchev–Trinajstić information content (AvgIpc) is 2.66. The number of pyridine rings is 1. The van der Waals surface area contributed by atoms with E-state index >= 15 is 0 Å². The molecular formula is C28H29N. The number of benzene rings is 3. The van der Waals surface area contributed by atoms with Crippen LogP contribution in [0.3, 0.4) is 0 Å². The van der Waals surface area contributed by atoms with Crippen LogP contribution in [0.5, 0.6) is 0 Å². The maximum Gasteiger partial charge on any atom is 0.0708 e. The highest BCUT2D eigenvalue weighted by atomic mass is 14.7. The summed E-state index contributed by atoms with van der Waals surface area (Å²) in [4.78, 5) is 4.85. The summed E-state index contributed by atoms with van der Waals surface area (Å²) < 4.78 is 0. The molecule has 0 saturated heterocycles. The van der Waals surface area contributed by atoms with Crippen LogP contribution >= 0.6 is 0 Å². The van der Waals surface area contributed by atoms with E-state index in [1.165, 1.54) is 49.7 Å². The fourth-order valence-electron chi connectivity index (χ4n) is 4.16. The van der Waals surface area contributed by atoms with Gasteiger partial charge in [0.15, 0.2) is 0 Å². The van der Waals surface area contributed by atoms with E-state index in [1.807, 2.05) is 0 Å². The molecule has 0 spiro atoms. The van der Waals surface area contributed by atoms with Crippen molar-refractivity contribution in [2.24, 2.45) is 5.92 Å². The highest BCUT2D eigenvalue weighted by Gasteiger charge is 2.11. The van der Waals surface area contributed by atoms with Gasteiger partial charge in [0.2, 0.25) is 0 Å². The summed E-state index contributed by atoms with van der Waals surface area (Å²) in [5.41, 5.74) is 9.99. The van der Waals surface area contributed by atoms with Crippen molar-refractivity contribution in [3.63, 3.8) is 0 Å². The molecule has 1 heteroatoms. The van der Waals surface area contributed by atoms with Crippen LogP contribution in [0.25, 0.3) is 33.2 Å². The van der Waals surface area contributed by atoms with Gasteiger partial charge in [0.25, 0.3) is 0 Å². The molecule has 4 rings (SSSR count). The number of aromatic nitrogens is 1. The first-order valence-electron chi connectivity index (χ1n) is 10.5. The minimum atomic E-state index is 0.624. The molecule has 0 radical (unpaired) electrons. The topological polar surface area (TPSA) is 12.9 Å². The summed E-state index contributed by atoms with van der Waals surface area (Å²) in [6, 6.07) is 22.4. The molecule has 4 aromatic rings. The molecule has 29 heavy (non-hydrogen) atoms. The first-order chi connectivity index (χ1) is 13.9. The van der Waals surface area contributed by atoms with Gasteiger partial charge in [0.05, 0.1) is 5.69 Å². The smallest absolute Gasteiger partial charge is 0.0708 e. The molecule has 3 aromatic carbocycles. The van der Waals surface area contributed by atoms with E-state index in [-0.39, 0.29) is 0 Å². The van der Waals surface area contributed by atoms with Crippen LogP contribution in [0.2, 0.25) is 0 Å². The fraction of sp³-hybridized carbons (Fsp3) is 0.250. The van der Waals surface area contributed by atoms with E-state index in [4.69, 9.17) is 4.98 Å². The third-order valence-electron chi connectivity index (χ3n) is 5.42. The van der Waals surface area contributed by atoms with Crippen LogP contribution in [-0.4, -0.2) is 4.98 Å². The molecule has 0 aliphatic carbocycles. The van der Waals surface area contributed by atoms with Crippen LogP contribution in [-0.2, 0) is 6.42 Å². The third kappa shape index (κ3) is 4.24. The van der Waals surface area contributed by atoms with E-state index in [0.29, 0.717) is 5.92 Å². The van der Waals surface area contributed by atoms with E-state index in [0.717, 1.165) is 12.1 Å². The molecule has 0 aliphatic rings. The van der Waals surface area contributed by atoms with Gasteiger partial charge < -0.3 is 0 Å². The zero-order valence-electron chi connectivity index (χ0n) is 18.1. The Labute approximate surface area is 174 Å². The van der Waals surface area contributed by atoms with E-state index in [2.05, 4.69) is 101 Å². The van der Waals surface area contributed by atoms with Crippen molar-refractivity contribution < 1.29 is 0 Å². The van der Waals surface area contributed by atoms with Crippen LogP contribution in [0.4, 0.5) is 0 Å². The quantitative estimate of drug-likeness (QED) is 0.354. The fourth-order valence-corrected chi connectivity index (χ4v) is 4.16. The van der Waals surface area contributed by atoms with Crippen molar-refractivity contribution >= 4 is 10.8 Å². The second-order valence-corrected chi connectivity index (χ2v) is 8.77. The summed E-state index contributed by atoms with van der Waals surface area (Å²) >= 11 is 0. The molecule has 1 aromatic heterocycles. The Morgan fingerprint density at radius 2 is 1.41 bits per heavy atom. The lowest BCUT2D eigenvalue weighted by Gasteiger charge is -2.14.